The van der Waals surface area contributed by atoms with Crippen LogP contribution in [-0.2, 0) is 0 Å². The van der Waals surface area contributed by atoms with Crippen molar-refractivity contribution in [3.05, 3.63) is 34.4 Å². The molecule has 0 saturated carbocycles. The molecule has 8 nitrogen and oxygen atoms in total. The first-order chi connectivity index (χ1) is 12.4. The Labute approximate surface area is 146 Å². The molecule has 0 aliphatic carbocycles. The quantitative estimate of drug-likeness (QED) is 0.682. The SMILES string of the molecule is CN1C(=C(C#N)C#N)Nc2c3c(c(F)c(F)c21)N(C)C(=C(C#N)C#N)N3. The first-order valence-electron chi connectivity index (χ1n) is 7.06. The Bertz CT molecular complexity index is 969. The first kappa shape index (κ1) is 16.6. The summed E-state index contributed by atoms with van der Waals surface area (Å²) in [4.78, 5) is 2.32. The number of allylic oxidation sites excluding steroid dienone is 2. The predicted octanol–water partition coefficient (Wildman–Crippen LogP) is 2.21. The molecule has 2 aliphatic heterocycles. The molecule has 0 spiro atoms. The van der Waals surface area contributed by atoms with Gasteiger partial charge >= 0.3 is 0 Å². The maximum atomic E-state index is 14.7. The van der Waals surface area contributed by atoms with Gasteiger partial charge in [-0.1, -0.05) is 0 Å². The second-order valence-corrected chi connectivity index (χ2v) is 5.34. The smallest absolute Gasteiger partial charge is 0.186 e. The fourth-order valence-corrected chi connectivity index (χ4v) is 2.89. The van der Waals surface area contributed by atoms with E-state index in [0.29, 0.717) is 0 Å². The molecule has 0 saturated heterocycles. The fourth-order valence-electron chi connectivity index (χ4n) is 2.89. The highest BCUT2D eigenvalue weighted by Crippen LogP contribution is 2.53. The van der Waals surface area contributed by atoms with Crippen LogP contribution in [0, 0.1) is 57.0 Å². The standard InChI is InChI=1S/C16H8F2N8/c1-25-13-9(17)10(18)14-12(11(13)23-15(25)7(3-19)4-20)24-16(26(14)2)8(5-21)6-22/h23-24H,1-2H3. The Morgan fingerprint density at radius 3 is 1.31 bits per heavy atom. The average molecular weight is 350 g/mol. The Kier molecular flexibility index (Phi) is 3.61. The van der Waals surface area contributed by atoms with Crippen LogP contribution in [0.4, 0.5) is 31.5 Å². The van der Waals surface area contributed by atoms with Gasteiger partial charge in [-0.05, 0) is 0 Å². The maximum Gasteiger partial charge on any atom is 0.186 e. The number of nitriles is 4. The maximum absolute atomic E-state index is 14.7. The van der Waals surface area contributed by atoms with Crippen LogP contribution < -0.4 is 20.4 Å². The number of hydrogen-bond acceptors (Lipinski definition) is 8. The highest BCUT2D eigenvalue weighted by atomic mass is 19.2. The van der Waals surface area contributed by atoms with Crippen molar-refractivity contribution in [3.63, 3.8) is 0 Å². The van der Waals surface area contributed by atoms with E-state index >= 15 is 0 Å². The Morgan fingerprint density at radius 2 is 1.04 bits per heavy atom. The molecule has 126 valence electrons. The molecule has 26 heavy (non-hydrogen) atoms. The Balaban J connectivity index is 2.32. The summed E-state index contributed by atoms with van der Waals surface area (Å²) in [6, 6.07) is 6.75. The molecule has 0 fully saturated rings. The Morgan fingerprint density at radius 1 is 0.731 bits per heavy atom. The zero-order chi connectivity index (χ0) is 19.2. The van der Waals surface area contributed by atoms with E-state index in [1.165, 1.54) is 14.1 Å². The minimum atomic E-state index is -1.19. The second-order valence-electron chi connectivity index (χ2n) is 5.34. The molecule has 1 aromatic carbocycles. The molecule has 0 aromatic heterocycles. The van der Waals surface area contributed by atoms with Gasteiger partial charge in [0.05, 0.1) is 11.4 Å². The van der Waals surface area contributed by atoms with Gasteiger partial charge in [-0.25, -0.2) is 8.78 Å². The van der Waals surface area contributed by atoms with Crippen LogP contribution in [0.3, 0.4) is 0 Å². The van der Waals surface area contributed by atoms with Crippen LogP contribution in [0.5, 0.6) is 0 Å². The lowest BCUT2D eigenvalue weighted by atomic mass is 10.1. The monoisotopic (exact) mass is 350 g/mol. The van der Waals surface area contributed by atoms with Crippen molar-refractivity contribution in [2.45, 2.75) is 0 Å². The summed E-state index contributed by atoms with van der Waals surface area (Å²) >= 11 is 0. The zero-order valence-electron chi connectivity index (χ0n) is 13.4. The van der Waals surface area contributed by atoms with E-state index in [0.717, 1.165) is 9.80 Å². The van der Waals surface area contributed by atoms with Crippen molar-refractivity contribution in [1.82, 2.24) is 0 Å². The summed E-state index contributed by atoms with van der Waals surface area (Å²) in [5.41, 5.74) is -0.829. The molecule has 0 unspecified atom stereocenters. The molecular formula is C16H8F2N8. The molecule has 3 rings (SSSR count). The summed E-state index contributed by atoms with van der Waals surface area (Å²) < 4.78 is 29.3. The van der Waals surface area contributed by atoms with E-state index in [9.17, 15) is 8.78 Å². The van der Waals surface area contributed by atoms with Gasteiger partial charge in [0.1, 0.15) is 47.3 Å². The molecule has 2 aliphatic rings. The molecular weight excluding hydrogens is 342 g/mol. The lowest BCUT2D eigenvalue weighted by Gasteiger charge is -2.16. The van der Waals surface area contributed by atoms with Crippen molar-refractivity contribution in [3.8, 4) is 24.3 Å². The van der Waals surface area contributed by atoms with Crippen LogP contribution in [-0.4, -0.2) is 14.1 Å². The van der Waals surface area contributed by atoms with E-state index in [1.54, 1.807) is 24.3 Å². The minimum Gasteiger partial charge on any atom is -0.336 e. The third kappa shape index (κ3) is 1.94. The number of rotatable bonds is 0. The van der Waals surface area contributed by atoms with Crippen LogP contribution in [0.15, 0.2) is 22.8 Å². The van der Waals surface area contributed by atoms with Crippen molar-refractivity contribution in [2.24, 2.45) is 0 Å². The first-order valence-corrected chi connectivity index (χ1v) is 7.06. The van der Waals surface area contributed by atoms with Gasteiger partial charge in [0.25, 0.3) is 0 Å². The summed E-state index contributed by atoms with van der Waals surface area (Å²) in [5.74, 6) is -2.38. The number of nitrogens with zero attached hydrogens (tertiary/aromatic N) is 6. The fraction of sp³-hybridized carbons (Fsp3) is 0.125. The number of benzene rings is 1. The van der Waals surface area contributed by atoms with Crippen molar-refractivity contribution < 1.29 is 8.78 Å². The molecule has 0 radical (unpaired) electrons. The molecule has 2 N–H and O–H groups in total. The number of fused-ring (bicyclic) bond motifs is 3. The highest BCUT2D eigenvalue weighted by molar-refractivity contribution is 6.01. The summed E-state index contributed by atoms with van der Waals surface area (Å²) in [5, 5.41) is 41.7. The van der Waals surface area contributed by atoms with E-state index in [2.05, 4.69) is 10.6 Å². The third-order valence-electron chi connectivity index (χ3n) is 4.08. The second kappa shape index (κ2) is 5.66. The van der Waals surface area contributed by atoms with Gasteiger partial charge < -0.3 is 20.4 Å². The molecule has 0 amide bonds. The van der Waals surface area contributed by atoms with Crippen LogP contribution >= 0.6 is 0 Å². The average Bonchev–Trinajstić information content (AvgIpc) is 3.14. The highest BCUT2D eigenvalue weighted by Gasteiger charge is 2.39. The molecule has 10 heteroatoms. The lowest BCUT2D eigenvalue weighted by Crippen LogP contribution is -2.18. The summed E-state index contributed by atoms with van der Waals surface area (Å²) in [7, 11) is 2.76. The van der Waals surface area contributed by atoms with Crippen molar-refractivity contribution in [1.29, 1.82) is 21.0 Å². The topological polar surface area (TPSA) is 126 Å². The van der Waals surface area contributed by atoms with Crippen molar-refractivity contribution in [2.75, 3.05) is 34.5 Å². The largest absolute Gasteiger partial charge is 0.336 e. The Hall–Kier alpha value is -4.28. The predicted molar refractivity (Wildman–Crippen MR) is 86.9 cm³/mol. The summed E-state index contributed by atoms with van der Waals surface area (Å²) in [6.07, 6.45) is 0. The number of hydrogen-bond donors (Lipinski definition) is 2. The van der Waals surface area contributed by atoms with Gasteiger partial charge in [0, 0.05) is 14.1 Å². The van der Waals surface area contributed by atoms with Gasteiger partial charge in [-0.3, -0.25) is 0 Å². The molecule has 0 bridgehead atoms. The number of nitrogens with one attached hydrogen (secondary N) is 2. The van der Waals surface area contributed by atoms with E-state index in [4.69, 9.17) is 21.0 Å². The molecule has 2 heterocycles. The van der Waals surface area contributed by atoms with Gasteiger partial charge in [0.15, 0.2) is 22.8 Å². The third-order valence-corrected chi connectivity index (χ3v) is 4.08. The van der Waals surface area contributed by atoms with Gasteiger partial charge in [0.2, 0.25) is 0 Å². The molecule has 1 aromatic rings. The van der Waals surface area contributed by atoms with E-state index < -0.39 is 11.6 Å². The van der Waals surface area contributed by atoms with Crippen molar-refractivity contribution >= 4 is 22.7 Å². The number of halogens is 2. The van der Waals surface area contributed by atoms with Crippen LogP contribution in [0.25, 0.3) is 0 Å². The van der Waals surface area contributed by atoms with E-state index in [-0.39, 0.29) is 45.5 Å². The minimum absolute atomic E-state index is 0.000581. The number of anilines is 4. The lowest BCUT2D eigenvalue weighted by molar-refractivity contribution is 0.512. The zero-order valence-corrected chi connectivity index (χ0v) is 13.4. The van der Waals surface area contributed by atoms with Crippen LogP contribution in [0.1, 0.15) is 0 Å². The van der Waals surface area contributed by atoms with Crippen LogP contribution in [0.2, 0.25) is 0 Å². The van der Waals surface area contributed by atoms with Gasteiger partial charge in [-0.2, -0.15) is 21.0 Å². The normalized spacial score (nSPS) is 13.5. The van der Waals surface area contributed by atoms with Gasteiger partial charge in [-0.15, -0.1) is 0 Å². The molecule has 0 atom stereocenters. The van der Waals surface area contributed by atoms with E-state index in [1.807, 2.05) is 0 Å². The summed E-state index contributed by atoms with van der Waals surface area (Å²) in [6.45, 7) is 0.